The second-order valence-electron chi connectivity index (χ2n) is 3.80. The fourth-order valence-electron chi connectivity index (χ4n) is 1.86. The summed E-state index contributed by atoms with van der Waals surface area (Å²) in [7, 11) is 1.62. The predicted molar refractivity (Wildman–Crippen MR) is 64.6 cm³/mol. The van der Waals surface area contributed by atoms with E-state index in [1.807, 2.05) is 24.3 Å². The molecule has 1 aliphatic rings. The van der Waals surface area contributed by atoms with E-state index in [9.17, 15) is 4.79 Å². The molecule has 0 atom stereocenters. The molecule has 1 aromatic rings. The number of hydrogen-bond acceptors (Lipinski definition) is 2. The van der Waals surface area contributed by atoms with Crippen molar-refractivity contribution in [2.24, 2.45) is 0 Å². The molecule has 0 aromatic heterocycles. The van der Waals surface area contributed by atoms with E-state index in [1.54, 1.807) is 7.11 Å². The molecule has 0 N–H and O–H groups in total. The topological polar surface area (TPSA) is 26.3 Å². The number of methoxy groups -OCH3 is 1. The van der Waals surface area contributed by atoms with Crippen molar-refractivity contribution in [3.63, 3.8) is 0 Å². The van der Waals surface area contributed by atoms with Gasteiger partial charge < -0.3 is 4.74 Å². The first-order valence-corrected chi connectivity index (χ1v) is 5.66. The van der Waals surface area contributed by atoms with Gasteiger partial charge in [-0.25, -0.2) is 0 Å². The van der Waals surface area contributed by atoms with Crippen molar-refractivity contribution < 1.29 is 9.53 Å². The highest BCUT2D eigenvalue weighted by atomic mass is 35.5. The third kappa shape index (κ3) is 2.12. The summed E-state index contributed by atoms with van der Waals surface area (Å²) in [6.45, 7) is 0. The number of carbonyl (C=O) groups excluding carboxylic acids is 1. The Morgan fingerprint density at radius 3 is 2.44 bits per heavy atom. The van der Waals surface area contributed by atoms with Crippen molar-refractivity contribution >= 4 is 22.4 Å². The van der Waals surface area contributed by atoms with E-state index in [0.717, 1.165) is 29.7 Å². The molecule has 1 aromatic carbocycles. The zero-order chi connectivity index (χ0) is 11.5. The summed E-state index contributed by atoms with van der Waals surface area (Å²) >= 11 is 6.22. The molecule has 0 radical (unpaired) electrons. The van der Waals surface area contributed by atoms with Crippen LogP contribution in [-0.4, -0.2) is 12.9 Å². The van der Waals surface area contributed by atoms with Crippen LogP contribution in [0.3, 0.4) is 0 Å². The Bertz CT molecular complexity index is 432. The number of ether oxygens (including phenoxy) is 1. The monoisotopic (exact) mass is 236 g/mol. The third-order valence-corrected chi connectivity index (χ3v) is 3.22. The largest absolute Gasteiger partial charge is 0.497 e. The van der Waals surface area contributed by atoms with Gasteiger partial charge in [0.2, 0.25) is 0 Å². The van der Waals surface area contributed by atoms with Gasteiger partial charge in [0.25, 0.3) is 0 Å². The summed E-state index contributed by atoms with van der Waals surface area (Å²) in [5.74, 6) is 0.969. The highest BCUT2D eigenvalue weighted by molar-refractivity contribution is 6.51. The lowest BCUT2D eigenvalue weighted by Crippen LogP contribution is -1.94. The van der Waals surface area contributed by atoms with Gasteiger partial charge in [-0.05, 0) is 42.7 Å². The Balaban J connectivity index is 2.33. The average molecular weight is 237 g/mol. The van der Waals surface area contributed by atoms with Gasteiger partial charge in [-0.1, -0.05) is 11.6 Å². The van der Waals surface area contributed by atoms with Gasteiger partial charge >= 0.3 is 0 Å². The van der Waals surface area contributed by atoms with Crippen LogP contribution in [0.25, 0.3) is 5.03 Å². The first-order chi connectivity index (χ1) is 7.72. The number of benzene rings is 1. The third-order valence-electron chi connectivity index (χ3n) is 2.78. The molecule has 0 spiro atoms. The molecule has 16 heavy (non-hydrogen) atoms. The normalized spacial score (nSPS) is 18.8. The second-order valence-corrected chi connectivity index (χ2v) is 4.18. The minimum atomic E-state index is 0.181. The van der Waals surface area contributed by atoms with E-state index in [1.165, 1.54) is 0 Å². The molecule has 1 aliphatic carbocycles. The molecule has 0 unspecified atom stereocenters. The summed E-state index contributed by atoms with van der Waals surface area (Å²) < 4.78 is 5.07. The summed E-state index contributed by atoms with van der Waals surface area (Å²) in [6.07, 6.45) is 2.34. The number of ketones is 1. The van der Waals surface area contributed by atoms with Crippen LogP contribution in [0, 0.1) is 0 Å². The number of halogens is 1. The predicted octanol–water partition coefficient (Wildman–Crippen LogP) is 3.40. The zero-order valence-electron chi connectivity index (χ0n) is 9.13. The Labute approximate surface area is 99.9 Å². The molecule has 0 heterocycles. The Kier molecular flexibility index (Phi) is 3.30. The minimum Gasteiger partial charge on any atom is -0.497 e. The molecule has 0 bridgehead atoms. The number of hydrogen-bond donors (Lipinski definition) is 0. The first kappa shape index (κ1) is 11.2. The second kappa shape index (κ2) is 4.71. The molecule has 84 valence electrons. The van der Waals surface area contributed by atoms with Crippen LogP contribution in [-0.2, 0) is 4.79 Å². The SMILES string of the molecule is COc1ccc(/C(Cl)=C2/CCCC2=O)cc1. The highest BCUT2D eigenvalue weighted by Crippen LogP contribution is 2.32. The Morgan fingerprint density at radius 2 is 1.94 bits per heavy atom. The van der Waals surface area contributed by atoms with Crippen LogP contribution in [0.5, 0.6) is 5.75 Å². The highest BCUT2D eigenvalue weighted by Gasteiger charge is 2.21. The van der Waals surface area contributed by atoms with E-state index in [0.29, 0.717) is 11.5 Å². The maximum Gasteiger partial charge on any atom is 0.160 e. The summed E-state index contributed by atoms with van der Waals surface area (Å²) in [4.78, 5) is 11.5. The first-order valence-electron chi connectivity index (χ1n) is 5.28. The van der Waals surface area contributed by atoms with E-state index in [2.05, 4.69) is 0 Å². The van der Waals surface area contributed by atoms with Crippen LogP contribution in [0.15, 0.2) is 29.8 Å². The molecule has 1 fully saturated rings. The quantitative estimate of drug-likeness (QED) is 0.736. The molecule has 1 saturated carbocycles. The lowest BCUT2D eigenvalue weighted by atomic mass is 10.1. The number of Topliss-reactive ketones (excluding diaryl/α,β-unsaturated/α-hetero) is 1. The summed E-state index contributed by atoms with van der Waals surface area (Å²) in [6, 6.07) is 7.44. The molecule has 2 nitrogen and oxygen atoms in total. The van der Waals surface area contributed by atoms with Gasteiger partial charge in [-0.15, -0.1) is 0 Å². The van der Waals surface area contributed by atoms with Gasteiger partial charge in [0, 0.05) is 12.0 Å². The van der Waals surface area contributed by atoms with Crippen molar-refractivity contribution in [2.75, 3.05) is 7.11 Å². The number of allylic oxidation sites excluding steroid dienone is 1. The molecule has 0 amide bonds. The molecular formula is C13H13ClO2. The van der Waals surface area contributed by atoms with Crippen LogP contribution >= 0.6 is 11.6 Å². The fraction of sp³-hybridized carbons (Fsp3) is 0.308. The van der Waals surface area contributed by atoms with Crippen LogP contribution < -0.4 is 4.74 Å². The number of carbonyl (C=O) groups is 1. The van der Waals surface area contributed by atoms with Crippen LogP contribution in [0.4, 0.5) is 0 Å². The maximum atomic E-state index is 11.5. The van der Waals surface area contributed by atoms with Gasteiger partial charge in [0.05, 0.1) is 12.1 Å². The minimum absolute atomic E-state index is 0.181. The van der Waals surface area contributed by atoms with Gasteiger partial charge in [0.1, 0.15) is 5.75 Å². The molecule has 0 saturated heterocycles. The lowest BCUT2D eigenvalue weighted by Gasteiger charge is -2.04. The maximum absolute atomic E-state index is 11.5. The standard InChI is InChI=1S/C13H13ClO2/c1-16-10-7-5-9(6-8-10)13(14)11-3-2-4-12(11)15/h5-8H,2-4H2,1H3/b13-11+. The van der Waals surface area contributed by atoms with Crippen molar-refractivity contribution in [1.82, 2.24) is 0 Å². The van der Waals surface area contributed by atoms with Crippen LogP contribution in [0.2, 0.25) is 0 Å². The van der Waals surface area contributed by atoms with Crippen molar-refractivity contribution in [1.29, 1.82) is 0 Å². The lowest BCUT2D eigenvalue weighted by molar-refractivity contribution is -0.114. The van der Waals surface area contributed by atoms with Gasteiger partial charge in [-0.3, -0.25) is 4.79 Å². The Morgan fingerprint density at radius 1 is 1.25 bits per heavy atom. The van der Waals surface area contributed by atoms with Gasteiger partial charge in [-0.2, -0.15) is 0 Å². The van der Waals surface area contributed by atoms with E-state index >= 15 is 0 Å². The summed E-state index contributed by atoms with van der Waals surface area (Å²) in [5, 5.41) is 0.588. The van der Waals surface area contributed by atoms with Crippen molar-refractivity contribution in [3.8, 4) is 5.75 Å². The van der Waals surface area contributed by atoms with Crippen molar-refractivity contribution in [2.45, 2.75) is 19.3 Å². The smallest absolute Gasteiger partial charge is 0.160 e. The van der Waals surface area contributed by atoms with Crippen molar-refractivity contribution in [3.05, 3.63) is 35.4 Å². The van der Waals surface area contributed by atoms with E-state index in [4.69, 9.17) is 16.3 Å². The van der Waals surface area contributed by atoms with E-state index < -0.39 is 0 Å². The van der Waals surface area contributed by atoms with Crippen LogP contribution in [0.1, 0.15) is 24.8 Å². The number of rotatable bonds is 2. The molecule has 0 aliphatic heterocycles. The van der Waals surface area contributed by atoms with E-state index in [-0.39, 0.29) is 5.78 Å². The molecule has 2 rings (SSSR count). The zero-order valence-corrected chi connectivity index (χ0v) is 9.88. The fourth-order valence-corrected chi connectivity index (χ4v) is 2.19. The molecule has 3 heteroatoms. The van der Waals surface area contributed by atoms with Gasteiger partial charge in [0.15, 0.2) is 5.78 Å². The Hall–Kier alpha value is -1.28. The average Bonchev–Trinajstić information content (AvgIpc) is 2.75. The summed E-state index contributed by atoms with van der Waals surface area (Å²) in [5.41, 5.74) is 1.65. The molecular weight excluding hydrogens is 224 g/mol.